The summed E-state index contributed by atoms with van der Waals surface area (Å²) in [7, 11) is 0. The maximum atomic E-state index is 13.1. The maximum Gasteiger partial charge on any atom is 0.159 e. The van der Waals surface area contributed by atoms with Gasteiger partial charge in [-0.25, -0.2) is 11.0 Å². The number of nitrogens with two attached hydrogens (primary N) is 1. The summed E-state index contributed by atoms with van der Waals surface area (Å²) in [5.41, 5.74) is -0.294. The Labute approximate surface area is 182 Å². The van der Waals surface area contributed by atoms with E-state index in [2.05, 4.69) is 24.2 Å². The molecule has 0 saturated heterocycles. The number of hydrogen-bond acceptors (Lipinski definition) is 5. The predicted octanol–water partition coefficient (Wildman–Crippen LogP) is 4.53. The quantitative estimate of drug-likeness (QED) is 0.377. The lowest BCUT2D eigenvalue weighted by molar-refractivity contribution is -0.134. The van der Waals surface area contributed by atoms with Crippen LogP contribution >= 0.6 is 0 Å². The number of nitrogens with zero attached hydrogens (tertiary/aromatic N) is 3. The predicted molar refractivity (Wildman–Crippen MR) is 117 cm³/mol. The molecule has 6 heteroatoms. The smallest absolute Gasteiger partial charge is 0.159 e. The number of aliphatic hydroxyl groups is 1. The zero-order chi connectivity index (χ0) is 21.5. The molecular formula is C24H42N4O2. The Morgan fingerprint density at radius 3 is 2.57 bits per heavy atom. The summed E-state index contributed by atoms with van der Waals surface area (Å²) >= 11 is 0. The van der Waals surface area contributed by atoms with E-state index >= 15 is 0 Å². The van der Waals surface area contributed by atoms with Crippen molar-refractivity contribution in [3.8, 4) is 0 Å². The molecule has 30 heavy (non-hydrogen) atoms. The Balaban J connectivity index is 1.44. The Kier molecular flexibility index (Phi) is 6.28. The molecule has 0 aliphatic heterocycles. The molecule has 4 aliphatic carbocycles. The van der Waals surface area contributed by atoms with Gasteiger partial charge in [0.1, 0.15) is 6.54 Å². The normalized spacial score (nSPS) is 45.6. The van der Waals surface area contributed by atoms with Crippen molar-refractivity contribution in [1.29, 1.82) is 0 Å². The third-order valence-electron chi connectivity index (χ3n) is 9.79. The number of rotatable bonds is 6. The number of carbonyl (C=O) groups excluding carboxylic acids is 1. The maximum absolute atomic E-state index is 13.1. The zero-order valence-electron chi connectivity index (χ0n) is 19.2. The lowest BCUT2D eigenvalue weighted by Gasteiger charge is -2.57. The molecule has 0 heterocycles. The monoisotopic (exact) mass is 418 g/mol. The van der Waals surface area contributed by atoms with Gasteiger partial charge in [0.05, 0.1) is 12.1 Å². The van der Waals surface area contributed by atoms with Crippen LogP contribution in [-0.4, -0.2) is 34.7 Å². The molecule has 4 rings (SSSR count). The molecular weight excluding hydrogens is 376 g/mol. The average Bonchev–Trinajstić information content (AvgIpc) is 3.09. The third-order valence-corrected chi connectivity index (χ3v) is 9.79. The number of ketones is 1. The second kappa shape index (κ2) is 8.50. The molecule has 2 unspecified atom stereocenters. The van der Waals surface area contributed by atoms with Crippen LogP contribution in [0, 0.1) is 40.9 Å². The fourth-order valence-corrected chi connectivity index (χ4v) is 8.26. The van der Waals surface area contributed by atoms with E-state index in [1.165, 1.54) is 37.2 Å². The molecule has 0 spiro atoms. The van der Waals surface area contributed by atoms with Gasteiger partial charge < -0.3 is 5.11 Å². The second-order valence-electron chi connectivity index (χ2n) is 11.0. The molecule has 6 nitrogen and oxygen atoms in total. The Morgan fingerprint density at radius 1 is 1.07 bits per heavy atom. The SMILES string of the molecule is CCN=NN(N)CC(=O)[C@H]1CC[C@H]2C3CC[C@H]4C[C@@](O)(CC)CCC4[C@H]3CC[C@]12C. The summed E-state index contributed by atoms with van der Waals surface area (Å²) < 4.78 is 0. The van der Waals surface area contributed by atoms with Crippen LogP contribution in [0.3, 0.4) is 0 Å². The van der Waals surface area contributed by atoms with E-state index in [9.17, 15) is 9.90 Å². The highest BCUT2D eigenvalue weighted by Gasteiger charge is 2.58. The van der Waals surface area contributed by atoms with E-state index in [4.69, 9.17) is 5.84 Å². The van der Waals surface area contributed by atoms with Crippen LogP contribution < -0.4 is 5.84 Å². The van der Waals surface area contributed by atoms with Crippen molar-refractivity contribution >= 4 is 5.78 Å². The minimum Gasteiger partial charge on any atom is -0.390 e. The van der Waals surface area contributed by atoms with Crippen molar-refractivity contribution in [2.75, 3.05) is 13.1 Å². The van der Waals surface area contributed by atoms with Gasteiger partial charge in [-0.05, 0) is 106 Å². The number of Topliss-reactive ketones (excluding diaryl/α,β-unsaturated/α-hetero) is 1. The van der Waals surface area contributed by atoms with Crippen LogP contribution in [0.2, 0.25) is 0 Å². The van der Waals surface area contributed by atoms with Crippen LogP contribution in [-0.2, 0) is 4.79 Å². The largest absolute Gasteiger partial charge is 0.390 e. The fourth-order valence-electron chi connectivity index (χ4n) is 8.26. The van der Waals surface area contributed by atoms with Crippen LogP contribution in [0.15, 0.2) is 10.3 Å². The van der Waals surface area contributed by atoms with E-state index in [0.29, 0.717) is 18.4 Å². The van der Waals surface area contributed by atoms with Gasteiger partial charge in [-0.1, -0.05) is 19.1 Å². The molecule has 4 saturated carbocycles. The van der Waals surface area contributed by atoms with Crippen molar-refractivity contribution in [1.82, 2.24) is 5.12 Å². The summed E-state index contributed by atoms with van der Waals surface area (Å²) in [5, 5.41) is 19.9. The summed E-state index contributed by atoms with van der Waals surface area (Å²) in [6.45, 7) is 7.18. The topological polar surface area (TPSA) is 91.3 Å². The van der Waals surface area contributed by atoms with Gasteiger partial charge in [0.25, 0.3) is 0 Å². The lowest BCUT2D eigenvalue weighted by Crippen LogP contribution is -2.51. The van der Waals surface area contributed by atoms with Crippen LogP contribution in [0.5, 0.6) is 0 Å². The number of fused-ring (bicyclic) bond motifs is 5. The molecule has 8 atom stereocenters. The molecule has 4 fully saturated rings. The van der Waals surface area contributed by atoms with Gasteiger partial charge in [0.2, 0.25) is 0 Å². The second-order valence-corrected chi connectivity index (χ2v) is 11.0. The van der Waals surface area contributed by atoms with E-state index in [1.807, 2.05) is 6.92 Å². The summed E-state index contributed by atoms with van der Waals surface area (Å²) in [6.07, 6.45) is 11.3. The first-order chi connectivity index (χ1) is 14.3. The highest BCUT2D eigenvalue weighted by Crippen LogP contribution is 2.64. The number of hydrazine groups is 1. The molecule has 0 amide bonds. The minimum atomic E-state index is -0.411. The highest BCUT2D eigenvalue weighted by atomic mass is 16.3. The molecule has 0 radical (unpaired) electrons. The zero-order valence-corrected chi connectivity index (χ0v) is 19.2. The van der Waals surface area contributed by atoms with Crippen molar-refractivity contribution in [3.05, 3.63) is 0 Å². The van der Waals surface area contributed by atoms with E-state index in [1.54, 1.807) is 0 Å². The summed E-state index contributed by atoms with van der Waals surface area (Å²) in [6, 6.07) is 0. The van der Waals surface area contributed by atoms with Crippen molar-refractivity contribution in [3.63, 3.8) is 0 Å². The first-order valence-electron chi connectivity index (χ1n) is 12.5. The standard InChI is InChI=1S/C24H42N4O2/c1-4-24(30)13-11-17-16(14-24)6-7-19-18(17)10-12-23(3)20(19)8-9-21(23)22(29)15-28(25)27-26-5-2/h16-21,30H,4-15,25H2,1-3H3/t16-,17?,18+,19?,20-,21+,23-,24+/m0/s1. The van der Waals surface area contributed by atoms with Crippen LogP contribution in [0.1, 0.15) is 85.0 Å². The van der Waals surface area contributed by atoms with Crippen LogP contribution in [0.4, 0.5) is 0 Å². The van der Waals surface area contributed by atoms with Crippen molar-refractivity contribution < 1.29 is 9.90 Å². The van der Waals surface area contributed by atoms with E-state index in [0.717, 1.165) is 49.9 Å². The molecule has 170 valence electrons. The van der Waals surface area contributed by atoms with Crippen molar-refractivity contribution in [2.24, 2.45) is 57.1 Å². The van der Waals surface area contributed by atoms with Gasteiger partial charge in [-0.15, -0.1) is 0 Å². The van der Waals surface area contributed by atoms with Gasteiger partial charge >= 0.3 is 0 Å². The fraction of sp³-hybridized carbons (Fsp3) is 0.958. The van der Waals surface area contributed by atoms with Crippen LogP contribution in [0.25, 0.3) is 0 Å². The Hall–Kier alpha value is -1.01. The first-order valence-corrected chi connectivity index (χ1v) is 12.5. The Morgan fingerprint density at radius 2 is 1.83 bits per heavy atom. The first kappa shape index (κ1) is 22.2. The number of carbonyl (C=O) groups is 1. The average molecular weight is 419 g/mol. The minimum absolute atomic E-state index is 0.112. The van der Waals surface area contributed by atoms with E-state index in [-0.39, 0.29) is 23.7 Å². The number of hydrogen-bond donors (Lipinski definition) is 2. The van der Waals surface area contributed by atoms with E-state index < -0.39 is 5.60 Å². The molecule has 0 bridgehead atoms. The van der Waals surface area contributed by atoms with Crippen molar-refractivity contribution in [2.45, 2.75) is 90.6 Å². The summed E-state index contributed by atoms with van der Waals surface area (Å²) in [5.74, 6) is 9.99. The molecule has 0 aromatic carbocycles. The third kappa shape index (κ3) is 3.83. The van der Waals surface area contributed by atoms with Gasteiger partial charge in [-0.2, -0.15) is 5.11 Å². The lowest BCUT2D eigenvalue weighted by atomic mass is 9.48. The van der Waals surface area contributed by atoms with Gasteiger partial charge in [0, 0.05) is 5.92 Å². The Bertz CT molecular complexity index is 670. The van der Waals surface area contributed by atoms with Gasteiger partial charge in [-0.3, -0.25) is 4.79 Å². The molecule has 3 N–H and O–H groups in total. The highest BCUT2D eigenvalue weighted by molar-refractivity contribution is 5.84. The summed E-state index contributed by atoms with van der Waals surface area (Å²) in [4.78, 5) is 13.1. The van der Waals surface area contributed by atoms with Gasteiger partial charge in [0.15, 0.2) is 5.78 Å². The molecule has 0 aromatic heterocycles. The molecule has 0 aromatic rings. The molecule has 4 aliphatic rings.